The van der Waals surface area contributed by atoms with Crippen LogP contribution in [0.15, 0.2) is 131 Å². The summed E-state index contributed by atoms with van der Waals surface area (Å²) in [4.78, 5) is 5.69. The first-order valence-corrected chi connectivity index (χ1v) is 18.0. The molecule has 6 unspecified atom stereocenters. The average molecular weight is 581 g/mol. The molecule has 0 spiro atoms. The van der Waals surface area contributed by atoms with Crippen LogP contribution >= 0.6 is 0 Å². The van der Waals surface area contributed by atoms with Gasteiger partial charge in [-0.3, -0.25) is 0 Å². The predicted molar refractivity (Wildman–Crippen MR) is 182 cm³/mol. The van der Waals surface area contributed by atoms with Crippen molar-refractivity contribution in [1.29, 1.82) is 0 Å². The van der Waals surface area contributed by atoms with Gasteiger partial charge in [-0.05, 0) is 112 Å². The van der Waals surface area contributed by atoms with Crippen LogP contribution in [-0.2, 0) is 0 Å². The second kappa shape index (κ2) is 11.3. The lowest BCUT2D eigenvalue weighted by atomic mass is 9.73. The van der Waals surface area contributed by atoms with Crippen LogP contribution < -0.4 is 0 Å². The summed E-state index contributed by atoms with van der Waals surface area (Å²) in [6.07, 6.45) is 53.5. The van der Waals surface area contributed by atoms with Crippen LogP contribution in [0.1, 0.15) is 83.5 Å². The zero-order valence-corrected chi connectivity index (χ0v) is 26.3. The molecule has 2 aliphatic heterocycles. The third-order valence-electron chi connectivity index (χ3n) is 12.3. The lowest BCUT2D eigenvalue weighted by Crippen LogP contribution is -2.40. The molecule has 0 aromatic heterocycles. The summed E-state index contributed by atoms with van der Waals surface area (Å²) in [6.45, 7) is 0. The molecular weight excluding hydrogens is 532 g/mol. The van der Waals surface area contributed by atoms with Crippen LogP contribution in [0.2, 0.25) is 0 Å². The molecule has 2 fully saturated rings. The van der Waals surface area contributed by atoms with Gasteiger partial charge < -0.3 is 9.80 Å². The van der Waals surface area contributed by atoms with E-state index in [1.54, 1.807) is 39.4 Å². The molecule has 0 radical (unpaired) electrons. The number of allylic oxidation sites excluding steroid dienone is 16. The Kier molecular flexibility index (Phi) is 6.94. The molecule has 0 aromatic rings. The minimum atomic E-state index is 0.478. The SMILES string of the molecule is C1=CCCC(C2=C(N3C4=CCC(C5=CC6C7=CCCC=C7N([C@@H]7CC=CCC7)C6C=C5)CC4C4C=CC=CC43)CCCC2)=C1. The van der Waals surface area contributed by atoms with Crippen molar-refractivity contribution in [2.75, 3.05) is 0 Å². The van der Waals surface area contributed by atoms with E-state index in [1.807, 2.05) is 0 Å². The summed E-state index contributed by atoms with van der Waals surface area (Å²) in [5.74, 6) is 2.34. The van der Waals surface area contributed by atoms with Crippen molar-refractivity contribution in [2.24, 2.45) is 23.7 Å². The molecule has 0 N–H and O–H groups in total. The Bertz CT molecular complexity index is 1540. The van der Waals surface area contributed by atoms with Gasteiger partial charge in [0.25, 0.3) is 0 Å². The summed E-state index contributed by atoms with van der Waals surface area (Å²) < 4.78 is 0. The van der Waals surface area contributed by atoms with E-state index in [0.29, 0.717) is 41.8 Å². The van der Waals surface area contributed by atoms with Crippen LogP contribution in [0.25, 0.3) is 0 Å². The van der Waals surface area contributed by atoms with Gasteiger partial charge in [0.2, 0.25) is 0 Å². The second-order valence-corrected chi connectivity index (χ2v) is 14.6. The minimum Gasteiger partial charge on any atom is -0.361 e. The Morgan fingerprint density at radius 1 is 0.750 bits per heavy atom. The van der Waals surface area contributed by atoms with Gasteiger partial charge in [-0.15, -0.1) is 0 Å². The normalized spacial score (nSPS) is 37.1. The van der Waals surface area contributed by atoms with E-state index in [2.05, 4.69) is 101 Å². The number of nitrogens with zero attached hydrogens (tertiary/aromatic N) is 2. The highest BCUT2D eigenvalue weighted by Gasteiger charge is 2.48. The van der Waals surface area contributed by atoms with E-state index in [1.165, 1.54) is 83.5 Å². The second-order valence-electron chi connectivity index (χ2n) is 14.6. The maximum atomic E-state index is 2.86. The first kappa shape index (κ1) is 27.1. The van der Waals surface area contributed by atoms with Gasteiger partial charge in [0.15, 0.2) is 0 Å². The molecule has 7 atom stereocenters. The quantitative estimate of drug-likeness (QED) is 0.305. The van der Waals surface area contributed by atoms with Crippen LogP contribution in [0.5, 0.6) is 0 Å². The maximum absolute atomic E-state index is 2.86. The molecule has 226 valence electrons. The highest BCUT2D eigenvalue weighted by molar-refractivity contribution is 5.51. The Hall–Kier alpha value is -3.26. The lowest BCUT2D eigenvalue weighted by molar-refractivity contribution is 0.216. The molecule has 9 rings (SSSR count). The zero-order chi connectivity index (χ0) is 29.0. The number of likely N-dealkylation sites (tertiary alicyclic amines) is 2. The van der Waals surface area contributed by atoms with Crippen molar-refractivity contribution in [3.63, 3.8) is 0 Å². The Morgan fingerprint density at radius 2 is 1.68 bits per heavy atom. The van der Waals surface area contributed by atoms with Gasteiger partial charge in [0.05, 0.1) is 12.1 Å². The Labute approximate surface area is 265 Å². The molecule has 2 heterocycles. The van der Waals surface area contributed by atoms with Crippen molar-refractivity contribution in [1.82, 2.24) is 9.80 Å². The summed E-state index contributed by atoms with van der Waals surface area (Å²) in [6, 6.07) is 1.62. The van der Waals surface area contributed by atoms with Crippen molar-refractivity contribution < 1.29 is 0 Å². The van der Waals surface area contributed by atoms with E-state index in [4.69, 9.17) is 0 Å². The Morgan fingerprint density at radius 3 is 2.59 bits per heavy atom. The smallest absolute Gasteiger partial charge is 0.0588 e. The van der Waals surface area contributed by atoms with E-state index >= 15 is 0 Å². The van der Waals surface area contributed by atoms with Gasteiger partial charge in [0, 0.05) is 40.9 Å². The highest BCUT2D eigenvalue weighted by atomic mass is 15.2. The number of fused-ring (bicyclic) bond motifs is 6. The number of rotatable bonds is 4. The van der Waals surface area contributed by atoms with Crippen LogP contribution in [0, 0.1) is 23.7 Å². The fraction of sp³-hybridized carbons (Fsp3) is 0.476. The molecule has 44 heavy (non-hydrogen) atoms. The summed E-state index contributed by atoms with van der Waals surface area (Å²) >= 11 is 0. The van der Waals surface area contributed by atoms with Crippen molar-refractivity contribution in [3.05, 3.63) is 131 Å². The van der Waals surface area contributed by atoms with E-state index in [9.17, 15) is 0 Å². The lowest BCUT2D eigenvalue weighted by Gasteiger charge is -2.38. The van der Waals surface area contributed by atoms with Crippen molar-refractivity contribution in [2.45, 2.75) is 102 Å². The molecule has 7 aliphatic carbocycles. The molecule has 2 saturated heterocycles. The van der Waals surface area contributed by atoms with E-state index in [0.717, 1.165) is 0 Å². The summed E-state index contributed by atoms with van der Waals surface area (Å²) in [5, 5.41) is 0. The molecule has 0 amide bonds. The molecule has 0 aromatic carbocycles. The molecule has 0 saturated carbocycles. The zero-order valence-electron chi connectivity index (χ0n) is 26.3. The van der Waals surface area contributed by atoms with Gasteiger partial charge in [-0.1, -0.05) is 91.1 Å². The largest absolute Gasteiger partial charge is 0.361 e. The molecular formula is C42H48N2. The van der Waals surface area contributed by atoms with E-state index < -0.39 is 0 Å². The fourth-order valence-corrected chi connectivity index (χ4v) is 10.3. The maximum Gasteiger partial charge on any atom is 0.0588 e. The molecule has 9 aliphatic rings. The first-order valence-electron chi connectivity index (χ1n) is 18.0. The van der Waals surface area contributed by atoms with Crippen LogP contribution in [-0.4, -0.2) is 27.9 Å². The van der Waals surface area contributed by atoms with Crippen molar-refractivity contribution >= 4 is 0 Å². The van der Waals surface area contributed by atoms with Crippen LogP contribution in [0.3, 0.4) is 0 Å². The standard InChI is InChI=1S/C42H48N2/c1-3-13-29(14-4-1)33-17-7-10-20-38(33)44-40-22-12-9-19-35(40)37-28-31(24-26-42(37)44)30-23-25-41-36(27-30)34-18-8-11-21-39(34)43(41)32-15-5-2-6-16-32/h1-3,5,9,12-13,18-19,21-23,25-27,31-32,35-37,40-41H,4,6-8,10-11,14-17,20,24,28H2/t31?,32-,35?,36?,37?,40?,41?/m1/s1. The third kappa shape index (κ3) is 4.42. The van der Waals surface area contributed by atoms with Gasteiger partial charge in [-0.25, -0.2) is 0 Å². The molecule has 2 heteroatoms. The average Bonchev–Trinajstić information content (AvgIpc) is 3.61. The predicted octanol–water partition coefficient (Wildman–Crippen LogP) is 9.94. The Balaban J connectivity index is 1.03. The van der Waals surface area contributed by atoms with Gasteiger partial charge >= 0.3 is 0 Å². The molecule has 2 nitrogen and oxygen atoms in total. The number of hydrogen-bond donors (Lipinski definition) is 0. The molecule has 0 bridgehead atoms. The van der Waals surface area contributed by atoms with Gasteiger partial charge in [-0.2, -0.15) is 0 Å². The third-order valence-corrected chi connectivity index (χ3v) is 12.3. The summed E-state index contributed by atoms with van der Waals surface area (Å²) in [5.41, 5.74) is 11.4. The van der Waals surface area contributed by atoms with E-state index in [-0.39, 0.29) is 0 Å². The highest BCUT2D eigenvalue weighted by Crippen LogP contribution is 2.54. The first-order chi connectivity index (χ1) is 21.8. The summed E-state index contributed by atoms with van der Waals surface area (Å²) in [7, 11) is 0. The van der Waals surface area contributed by atoms with Crippen LogP contribution in [0.4, 0.5) is 0 Å². The monoisotopic (exact) mass is 580 g/mol. The topological polar surface area (TPSA) is 6.48 Å². The number of hydrogen-bond acceptors (Lipinski definition) is 2. The van der Waals surface area contributed by atoms with Crippen molar-refractivity contribution in [3.8, 4) is 0 Å². The minimum absolute atomic E-state index is 0.478. The van der Waals surface area contributed by atoms with Gasteiger partial charge in [0.1, 0.15) is 0 Å². The fourth-order valence-electron chi connectivity index (χ4n) is 10.3.